The highest BCUT2D eigenvalue weighted by Crippen LogP contribution is 2.43. The highest BCUT2D eigenvalue weighted by Gasteiger charge is 2.47. The van der Waals surface area contributed by atoms with Gasteiger partial charge >= 0.3 is 0 Å². The molecule has 1 spiro atoms. The first-order valence-corrected chi connectivity index (χ1v) is 9.41. The van der Waals surface area contributed by atoms with Gasteiger partial charge in [0.25, 0.3) is 5.91 Å². The van der Waals surface area contributed by atoms with Crippen molar-refractivity contribution in [1.29, 1.82) is 0 Å². The van der Waals surface area contributed by atoms with Gasteiger partial charge in [0.1, 0.15) is 6.61 Å². The van der Waals surface area contributed by atoms with Gasteiger partial charge in [-0.05, 0) is 43.7 Å². The largest absolute Gasteiger partial charge is 0.394 e. The van der Waals surface area contributed by atoms with Crippen LogP contribution >= 0.6 is 0 Å². The summed E-state index contributed by atoms with van der Waals surface area (Å²) in [7, 11) is 0. The molecule has 2 saturated heterocycles. The monoisotopic (exact) mass is 360 g/mol. The second-order valence-electron chi connectivity index (χ2n) is 7.36. The molecule has 2 heterocycles. The van der Waals surface area contributed by atoms with Gasteiger partial charge in [0.05, 0.1) is 12.6 Å². The Morgan fingerprint density at radius 2 is 1.92 bits per heavy atom. The lowest BCUT2D eigenvalue weighted by Crippen LogP contribution is -2.45. The third-order valence-corrected chi connectivity index (χ3v) is 5.71. The molecule has 1 aromatic rings. The molecule has 1 atom stereocenters. The fourth-order valence-electron chi connectivity index (χ4n) is 4.19. The molecular weight excluding hydrogens is 332 g/mol. The Bertz CT molecular complexity index is 626. The summed E-state index contributed by atoms with van der Waals surface area (Å²) in [5, 5.41) is 9.81. The lowest BCUT2D eigenvalue weighted by molar-refractivity contribution is -0.138. The van der Waals surface area contributed by atoms with Crippen molar-refractivity contribution < 1.29 is 19.4 Å². The molecule has 2 aliphatic heterocycles. The number of amides is 2. The molecule has 26 heavy (non-hydrogen) atoms. The predicted molar refractivity (Wildman–Crippen MR) is 97.7 cm³/mol. The number of ether oxygens (including phenoxy) is 1. The van der Waals surface area contributed by atoms with E-state index in [-0.39, 0.29) is 36.5 Å². The number of piperidine rings is 1. The molecule has 142 valence electrons. The number of likely N-dealkylation sites (tertiary alicyclic amines) is 2. The van der Waals surface area contributed by atoms with Crippen molar-refractivity contribution >= 4 is 11.8 Å². The quantitative estimate of drug-likeness (QED) is 0.865. The first-order valence-electron chi connectivity index (χ1n) is 9.41. The van der Waals surface area contributed by atoms with E-state index >= 15 is 0 Å². The lowest BCUT2D eigenvalue weighted by Gasteiger charge is -2.39. The number of benzene rings is 1. The van der Waals surface area contributed by atoms with Gasteiger partial charge in [0.2, 0.25) is 5.91 Å². The van der Waals surface area contributed by atoms with Gasteiger partial charge in [-0.25, -0.2) is 0 Å². The van der Waals surface area contributed by atoms with Crippen LogP contribution in [-0.4, -0.2) is 72.2 Å². The predicted octanol–water partition coefficient (Wildman–Crippen LogP) is 1.54. The minimum atomic E-state index is -0.145. The molecule has 0 saturated carbocycles. The third kappa shape index (κ3) is 3.91. The first-order chi connectivity index (χ1) is 12.6. The van der Waals surface area contributed by atoms with E-state index in [0.717, 1.165) is 19.3 Å². The van der Waals surface area contributed by atoms with Crippen molar-refractivity contribution in [1.82, 2.24) is 9.80 Å². The van der Waals surface area contributed by atoms with E-state index in [9.17, 15) is 14.7 Å². The summed E-state index contributed by atoms with van der Waals surface area (Å²) in [6.07, 6.45) is 2.52. The third-order valence-electron chi connectivity index (χ3n) is 5.71. The van der Waals surface area contributed by atoms with Crippen molar-refractivity contribution in [2.24, 2.45) is 5.41 Å². The molecule has 2 fully saturated rings. The van der Waals surface area contributed by atoms with Gasteiger partial charge in [-0.3, -0.25) is 9.59 Å². The Morgan fingerprint density at radius 1 is 1.23 bits per heavy atom. The van der Waals surface area contributed by atoms with E-state index in [1.165, 1.54) is 0 Å². The van der Waals surface area contributed by atoms with Crippen LogP contribution in [0.5, 0.6) is 0 Å². The SMILES string of the molecule is CCOCC(=O)N1CCC2(CC1)CC(CO)N(C(=O)c1ccccc1)C2. The van der Waals surface area contributed by atoms with Crippen LogP contribution < -0.4 is 0 Å². The topological polar surface area (TPSA) is 70.1 Å². The van der Waals surface area contributed by atoms with Crippen LogP contribution in [0.1, 0.15) is 36.5 Å². The maximum atomic E-state index is 12.9. The van der Waals surface area contributed by atoms with E-state index < -0.39 is 0 Å². The molecule has 6 heteroatoms. The first kappa shape index (κ1) is 18.9. The van der Waals surface area contributed by atoms with Gasteiger partial charge in [-0.1, -0.05) is 18.2 Å². The molecule has 1 N–H and O–H groups in total. The average Bonchev–Trinajstić information content (AvgIpc) is 3.05. The summed E-state index contributed by atoms with van der Waals surface area (Å²) in [6.45, 7) is 4.58. The number of hydrogen-bond acceptors (Lipinski definition) is 4. The average molecular weight is 360 g/mol. The zero-order valence-corrected chi connectivity index (χ0v) is 15.4. The van der Waals surface area contributed by atoms with Crippen LogP contribution in [0.4, 0.5) is 0 Å². The molecule has 0 radical (unpaired) electrons. The minimum absolute atomic E-state index is 0.000229. The number of rotatable bonds is 5. The van der Waals surface area contributed by atoms with Crippen LogP contribution in [0, 0.1) is 5.41 Å². The van der Waals surface area contributed by atoms with E-state index in [4.69, 9.17) is 4.74 Å². The Balaban J connectivity index is 1.64. The minimum Gasteiger partial charge on any atom is -0.394 e. The lowest BCUT2D eigenvalue weighted by atomic mass is 9.76. The Hall–Kier alpha value is -1.92. The fraction of sp³-hybridized carbons (Fsp3) is 0.600. The maximum absolute atomic E-state index is 12.9. The zero-order valence-electron chi connectivity index (χ0n) is 15.4. The standard InChI is InChI=1S/C20H28N2O4/c1-2-26-14-18(24)21-10-8-20(9-11-21)12-17(13-23)22(15-20)19(25)16-6-4-3-5-7-16/h3-7,17,23H,2,8-15H2,1H3. The smallest absolute Gasteiger partial charge is 0.254 e. The summed E-state index contributed by atoms with van der Waals surface area (Å²) in [5.41, 5.74) is 0.660. The number of carbonyl (C=O) groups excluding carboxylic acids is 2. The number of carbonyl (C=O) groups is 2. The summed E-state index contributed by atoms with van der Waals surface area (Å²) >= 11 is 0. The molecule has 2 amide bonds. The number of aliphatic hydroxyl groups is 1. The molecule has 1 unspecified atom stereocenters. The normalized spacial score (nSPS) is 22.0. The van der Waals surface area contributed by atoms with Crippen LogP contribution in [0.15, 0.2) is 30.3 Å². The van der Waals surface area contributed by atoms with E-state index in [1.807, 2.05) is 47.1 Å². The van der Waals surface area contributed by atoms with Crippen molar-refractivity contribution in [3.05, 3.63) is 35.9 Å². The molecule has 1 aromatic carbocycles. The van der Waals surface area contributed by atoms with Crippen LogP contribution in [0.2, 0.25) is 0 Å². The number of nitrogens with zero attached hydrogens (tertiary/aromatic N) is 2. The summed E-state index contributed by atoms with van der Waals surface area (Å²) in [6, 6.07) is 9.09. The van der Waals surface area contributed by atoms with E-state index in [2.05, 4.69) is 0 Å². The Kier molecular flexibility index (Phi) is 5.94. The zero-order chi connectivity index (χ0) is 18.6. The number of hydrogen-bond donors (Lipinski definition) is 1. The highest BCUT2D eigenvalue weighted by molar-refractivity contribution is 5.94. The second-order valence-corrected chi connectivity index (χ2v) is 7.36. The highest BCUT2D eigenvalue weighted by atomic mass is 16.5. The van der Waals surface area contributed by atoms with Crippen LogP contribution in [0.3, 0.4) is 0 Å². The van der Waals surface area contributed by atoms with Gasteiger partial charge in [0.15, 0.2) is 0 Å². The van der Waals surface area contributed by atoms with E-state index in [0.29, 0.717) is 31.8 Å². The van der Waals surface area contributed by atoms with Crippen molar-refractivity contribution in [3.63, 3.8) is 0 Å². The fourth-order valence-corrected chi connectivity index (χ4v) is 4.19. The molecule has 0 bridgehead atoms. The molecule has 2 aliphatic rings. The maximum Gasteiger partial charge on any atom is 0.254 e. The van der Waals surface area contributed by atoms with Gasteiger partial charge in [-0.2, -0.15) is 0 Å². The molecule has 0 aliphatic carbocycles. The Morgan fingerprint density at radius 3 is 2.54 bits per heavy atom. The Labute approximate surface area is 154 Å². The van der Waals surface area contributed by atoms with Crippen LogP contribution in [-0.2, 0) is 9.53 Å². The van der Waals surface area contributed by atoms with Gasteiger partial charge < -0.3 is 19.6 Å². The van der Waals surface area contributed by atoms with Gasteiger partial charge in [-0.15, -0.1) is 0 Å². The van der Waals surface area contributed by atoms with Crippen LogP contribution in [0.25, 0.3) is 0 Å². The molecule has 3 rings (SSSR count). The van der Waals surface area contributed by atoms with Gasteiger partial charge in [0, 0.05) is 31.8 Å². The number of aliphatic hydroxyl groups excluding tert-OH is 1. The summed E-state index contributed by atoms with van der Waals surface area (Å²) < 4.78 is 5.22. The molecular formula is C20H28N2O4. The van der Waals surface area contributed by atoms with Crippen molar-refractivity contribution in [2.45, 2.75) is 32.2 Å². The van der Waals surface area contributed by atoms with Crippen molar-refractivity contribution in [3.8, 4) is 0 Å². The second kappa shape index (κ2) is 8.18. The van der Waals surface area contributed by atoms with E-state index in [1.54, 1.807) is 0 Å². The summed E-state index contributed by atoms with van der Waals surface area (Å²) in [4.78, 5) is 28.7. The molecule has 0 aromatic heterocycles. The van der Waals surface area contributed by atoms with Crippen molar-refractivity contribution in [2.75, 3.05) is 39.5 Å². The molecule has 6 nitrogen and oxygen atoms in total. The summed E-state index contributed by atoms with van der Waals surface area (Å²) in [5.74, 6) is 0.0204.